The molecule has 7 nitrogen and oxygen atoms in total. The van der Waals surface area contributed by atoms with Crippen molar-refractivity contribution in [2.75, 3.05) is 7.11 Å². The van der Waals surface area contributed by atoms with E-state index in [1.54, 1.807) is 12.1 Å². The van der Waals surface area contributed by atoms with Gasteiger partial charge in [-0.05, 0) is 45.4 Å². The van der Waals surface area contributed by atoms with Crippen molar-refractivity contribution in [3.8, 4) is 0 Å². The number of nitrogens with zero attached hydrogens (tertiary/aromatic N) is 3. The van der Waals surface area contributed by atoms with E-state index in [9.17, 15) is 4.79 Å². The summed E-state index contributed by atoms with van der Waals surface area (Å²) in [6.07, 6.45) is 1.40. The predicted octanol–water partition coefficient (Wildman–Crippen LogP) is 3.84. The second-order valence-electron chi connectivity index (χ2n) is 7.71. The van der Waals surface area contributed by atoms with Crippen LogP contribution in [0, 0.1) is 0 Å². The molecule has 0 aliphatic carbocycles. The first-order chi connectivity index (χ1) is 13.5. The molecule has 3 rings (SSSR count). The van der Waals surface area contributed by atoms with Crippen molar-refractivity contribution in [3.05, 3.63) is 51.9 Å². The molecule has 2 heterocycles. The summed E-state index contributed by atoms with van der Waals surface area (Å²) in [7, 11) is 0.106. The second-order valence-corrected chi connectivity index (χ2v) is 8.63. The number of esters is 1. The van der Waals surface area contributed by atoms with Gasteiger partial charge in [0, 0.05) is 10.0 Å². The van der Waals surface area contributed by atoms with Crippen molar-refractivity contribution in [3.63, 3.8) is 0 Å². The van der Waals surface area contributed by atoms with Crippen molar-refractivity contribution in [2.45, 2.75) is 45.4 Å². The first-order valence-corrected chi connectivity index (χ1v) is 9.82. The molecule has 0 bridgehead atoms. The summed E-state index contributed by atoms with van der Waals surface area (Å²) >= 11 is 3.38. The van der Waals surface area contributed by atoms with Crippen LogP contribution in [-0.4, -0.2) is 46.4 Å². The maximum Gasteiger partial charge on any atom is 0.525 e. The van der Waals surface area contributed by atoms with Gasteiger partial charge in [0.1, 0.15) is 5.73 Å². The Balaban J connectivity index is 1.99. The Hall–Kier alpha value is -2.04. The first kappa shape index (κ1) is 21.7. The van der Waals surface area contributed by atoms with Crippen molar-refractivity contribution in [2.24, 2.45) is 0 Å². The highest BCUT2D eigenvalue weighted by atomic mass is 79.9. The van der Waals surface area contributed by atoms with E-state index in [1.807, 2.05) is 39.8 Å². The lowest BCUT2D eigenvalue weighted by molar-refractivity contribution is 0.00578. The maximum absolute atomic E-state index is 15.6. The Morgan fingerprint density at radius 2 is 1.79 bits per heavy atom. The molecule has 1 aliphatic heterocycles. The van der Waals surface area contributed by atoms with Gasteiger partial charge < -0.3 is 14.0 Å². The van der Waals surface area contributed by atoms with E-state index in [2.05, 4.69) is 31.0 Å². The van der Waals surface area contributed by atoms with Gasteiger partial charge in [0.25, 0.3) is 0 Å². The lowest BCUT2D eigenvalue weighted by Crippen LogP contribution is -2.41. The number of rotatable bonds is 5. The zero-order valence-electron chi connectivity index (χ0n) is 16.9. The topological polar surface area (TPSA) is 75.5 Å². The Bertz CT molecular complexity index is 927. The van der Waals surface area contributed by atoms with E-state index in [-0.39, 0.29) is 12.2 Å². The Morgan fingerprint density at radius 1 is 1.21 bits per heavy atom. The number of hydrogen-bond donors (Lipinski definition) is 0. The molecular weight excluding hydrogens is 444 g/mol. The SMILES string of the molecule is COC(=O)c1cn(CC(=C(F)B2OC(C)(C)C(C)(C)O2)c2ccc(Br)cc2)nn1. The van der Waals surface area contributed by atoms with Crippen LogP contribution in [0.25, 0.3) is 5.57 Å². The summed E-state index contributed by atoms with van der Waals surface area (Å²) in [6.45, 7) is 7.47. The average molecular weight is 466 g/mol. The van der Waals surface area contributed by atoms with Crippen molar-refractivity contribution in [1.29, 1.82) is 0 Å². The molecule has 1 aromatic heterocycles. The van der Waals surface area contributed by atoms with Crippen LogP contribution in [0.3, 0.4) is 0 Å². The minimum absolute atomic E-state index is 0.0293. The van der Waals surface area contributed by atoms with Crippen LogP contribution in [0.5, 0.6) is 0 Å². The number of hydrogen-bond acceptors (Lipinski definition) is 6. The maximum atomic E-state index is 15.6. The number of allylic oxidation sites excluding steroid dienone is 1. The summed E-state index contributed by atoms with van der Waals surface area (Å²) in [5, 5.41) is 7.68. The summed E-state index contributed by atoms with van der Waals surface area (Å²) in [6, 6.07) is 7.19. The summed E-state index contributed by atoms with van der Waals surface area (Å²) in [4.78, 5) is 11.6. The van der Waals surface area contributed by atoms with Crippen molar-refractivity contribution >= 4 is 34.6 Å². The highest BCUT2D eigenvalue weighted by molar-refractivity contribution is 9.10. The lowest BCUT2D eigenvalue weighted by atomic mass is 9.82. The van der Waals surface area contributed by atoms with Crippen LogP contribution in [0.15, 0.2) is 40.7 Å². The minimum atomic E-state index is -1.15. The molecule has 0 spiro atoms. The molecule has 154 valence electrons. The molecule has 1 fully saturated rings. The Morgan fingerprint density at radius 3 is 2.34 bits per heavy atom. The number of halogens is 2. The van der Waals surface area contributed by atoms with Gasteiger partial charge in [-0.2, -0.15) is 0 Å². The number of carbonyl (C=O) groups is 1. The predicted molar refractivity (Wildman–Crippen MR) is 110 cm³/mol. The third-order valence-electron chi connectivity index (χ3n) is 5.19. The van der Waals surface area contributed by atoms with Crippen LogP contribution < -0.4 is 0 Å². The molecule has 0 atom stereocenters. The molecule has 0 saturated carbocycles. The highest BCUT2D eigenvalue weighted by Crippen LogP contribution is 2.40. The number of benzene rings is 1. The summed E-state index contributed by atoms with van der Waals surface area (Å²) in [5.74, 6) is -0.614. The van der Waals surface area contributed by atoms with Crippen molar-refractivity contribution in [1.82, 2.24) is 15.0 Å². The van der Waals surface area contributed by atoms with Gasteiger partial charge in [-0.15, -0.1) is 5.10 Å². The number of aromatic nitrogens is 3. The van der Waals surface area contributed by atoms with Crippen molar-refractivity contribution < 1.29 is 23.2 Å². The molecule has 1 aliphatic rings. The van der Waals surface area contributed by atoms with E-state index in [1.165, 1.54) is 18.0 Å². The zero-order chi connectivity index (χ0) is 21.4. The van der Waals surface area contributed by atoms with E-state index in [0.717, 1.165) is 4.47 Å². The molecular formula is C19H22BBrFN3O4. The van der Waals surface area contributed by atoms with E-state index in [4.69, 9.17) is 9.31 Å². The van der Waals surface area contributed by atoms with Gasteiger partial charge in [-0.1, -0.05) is 33.3 Å². The zero-order valence-corrected chi connectivity index (χ0v) is 18.5. The molecule has 0 unspecified atom stereocenters. The van der Waals surface area contributed by atoms with E-state index >= 15 is 4.39 Å². The second kappa shape index (κ2) is 8.00. The third-order valence-corrected chi connectivity index (χ3v) is 5.72. The number of methoxy groups -OCH3 is 1. The van der Waals surface area contributed by atoms with Crippen LogP contribution in [0.1, 0.15) is 43.7 Å². The Labute approximate surface area is 177 Å². The number of carbonyl (C=O) groups excluding carboxylic acids is 1. The van der Waals surface area contributed by atoms with Gasteiger partial charge in [0.15, 0.2) is 5.69 Å². The fourth-order valence-electron chi connectivity index (χ4n) is 2.78. The molecule has 29 heavy (non-hydrogen) atoms. The third kappa shape index (κ3) is 4.44. The fourth-order valence-corrected chi connectivity index (χ4v) is 3.04. The summed E-state index contributed by atoms with van der Waals surface area (Å²) in [5.41, 5.74) is -0.913. The normalized spacial score (nSPS) is 18.5. The van der Waals surface area contributed by atoms with Crippen LogP contribution in [0.2, 0.25) is 0 Å². The molecule has 2 aromatic rings. The smallest absolute Gasteiger partial charge is 0.464 e. The van der Waals surface area contributed by atoms with Crippen LogP contribution in [-0.2, 0) is 20.6 Å². The minimum Gasteiger partial charge on any atom is -0.464 e. The first-order valence-electron chi connectivity index (χ1n) is 9.02. The monoisotopic (exact) mass is 465 g/mol. The summed E-state index contributed by atoms with van der Waals surface area (Å²) < 4.78 is 34.2. The quantitative estimate of drug-likeness (QED) is 0.493. The average Bonchev–Trinajstić information content (AvgIpc) is 3.21. The van der Waals surface area contributed by atoms with Gasteiger partial charge in [-0.3, -0.25) is 0 Å². The fraction of sp³-hybridized carbons (Fsp3) is 0.421. The van der Waals surface area contributed by atoms with Gasteiger partial charge >= 0.3 is 13.1 Å². The van der Waals surface area contributed by atoms with Gasteiger partial charge in [0.05, 0.1) is 31.1 Å². The van der Waals surface area contributed by atoms with Crippen LogP contribution >= 0.6 is 15.9 Å². The standard InChI is InChI=1S/C19H22BBrFN3O4/c1-18(2)19(3,4)29-20(28-18)16(22)14(12-6-8-13(21)9-7-12)10-25-11-15(23-24-25)17(26)27-5/h6-9,11H,10H2,1-5H3. The largest absolute Gasteiger partial charge is 0.525 e. The van der Waals surface area contributed by atoms with Gasteiger partial charge in [-0.25, -0.2) is 13.9 Å². The van der Waals surface area contributed by atoms with Gasteiger partial charge in [0.2, 0.25) is 0 Å². The molecule has 10 heteroatoms. The molecule has 1 saturated heterocycles. The molecule has 0 radical (unpaired) electrons. The molecule has 0 amide bonds. The number of ether oxygens (including phenoxy) is 1. The Kier molecular flexibility index (Phi) is 5.98. The van der Waals surface area contributed by atoms with E-state index in [0.29, 0.717) is 11.1 Å². The van der Waals surface area contributed by atoms with E-state index < -0.39 is 30.0 Å². The molecule has 1 aromatic carbocycles. The van der Waals surface area contributed by atoms with Crippen LogP contribution in [0.4, 0.5) is 4.39 Å². The highest BCUT2D eigenvalue weighted by Gasteiger charge is 2.53. The molecule has 0 N–H and O–H groups in total. The lowest BCUT2D eigenvalue weighted by Gasteiger charge is -2.32.